The smallest absolute Gasteiger partial charge is 0.354 e. The van der Waals surface area contributed by atoms with Crippen molar-refractivity contribution in [3.63, 3.8) is 0 Å². The minimum Gasteiger partial charge on any atom is -0.478 e. The number of ether oxygens (including phenoxy) is 1. The summed E-state index contributed by atoms with van der Waals surface area (Å²) in [4.78, 5) is 56.4. The molecule has 3 unspecified atom stereocenters. The highest BCUT2D eigenvalue weighted by Gasteiger charge is 2.34. The van der Waals surface area contributed by atoms with Crippen LogP contribution in [0.4, 0.5) is 5.69 Å². The number of benzene rings is 2. The number of fused-ring (bicyclic) bond motifs is 1. The van der Waals surface area contributed by atoms with Crippen molar-refractivity contribution in [1.29, 1.82) is 0 Å². The van der Waals surface area contributed by atoms with Crippen LogP contribution in [-0.2, 0) is 19.1 Å². The molecule has 1 saturated heterocycles. The number of carbonyl (C=O) groups is 4. The number of Topliss-reactive ketones (excluding diaryl/α,β-unsaturated/α-hetero) is 1. The number of nitrogens with two attached hydrogens (primary N) is 1. The molecular weight excluding hydrogens is 530 g/mol. The summed E-state index contributed by atoms with van der Waals surface area (Å²) < 4.78 is 5.73. The highest BCUT2D eigenvalue weighted by Crippen LogP contribution is 2.34. The van der Waals surface area contributed by atoms with Gasteiger partial charge in [0.1, 0.15) is 5.71 Å². The molecule has 0 saturated carbocycles. The Morgan fingerprint density at radius 1 is 1.10 bits per heavy atom. The van der Waals surface area contributed by atoms with Crippen LogP contribution in [0.25, 0.3) is 0 Å². The molecule has 5 N–H and O–H groups in total. The lowest BCUT2D eigenvalue weighted by molar-refractivity contribution is -0.162. The van der Waals surface area contributed by atoms with E-state index in [1.807, 2.05) is 25.1 Å². The first-order valence-electron chi connectivity index (χ1n) is 13.4. The molecule has 4 rings (SSSR count). The number of amides is 2. The SMILES string of the molecule is CC(CC(=O)c1ccc(/C(N)=N/O)cc1)C(=O)N1CCC(OC(NC(=O)C2=Nc3ccccc3C2C)C(=O)O)CC1. The number of nitrogens with zero attached hydrogens (tertiary/aromatic N) is 3. The third kappa shape index (κ3) is 6.77. The molecule has 2 aromatic carbocycles. The van der Waals surface area contributed by atoms with Crippen molar-refractivity contribution in [3.05, 3.63) is 65.2 Å². The number of carboxylic acid groups (broad SMARTS) is 1. The van der Waals surface area contributed by atoms with Gasteiger partial charge in [0.05, 0.1) is 11.8 Å². The number of aliphatic carboxylic acids is 1. The predicted octanol–water partition coefficient (Wildman–Crippen LogP) is 2.41. The number of nitrogens with one attached hydrogen (secondary N) is 1. The Morgan fingerprint density at radius 2 is 1.73 bits per heavy atom. The van der Waals surface area contributed by atoms with Crippen molar-refractivity contribution in [2.24, 2.45) is 21.8 Å². The molecule has 0 radical (unpaired) electrons. The number of amidine groups is 1. The second-order valence-corrected chi connectivity index (χ2v) is 10.2. The van der Waals surface area contributed by atoms with E-state index in [2.05, 4.69) is 15.5 Å². The van der Waals surface area contributed by atoms with Crippen molar-refractivity contribution in [1.82, 2.24) is 10.2 Å². The quantitative estimate of drug-likeness (QED) is 0.0848. The molecule has 12 heteroatoms. The fourth-order valence-electron chi connectivity index (χ4n) is 5.01. The Bertz CT molecular complexity index is 1380. The summed E-state index contributed by atoms with van der Waals surface area (Å²) in [5.41, 5.74) is 8.23. The molecule has 216 valence electrons. The summed E-state index contributed by atoms with van der Waals surface area (Å²) in [6.07, 6.45) is -1.27. The molecule has 2 amide bonds. The van der Waals surface area contributed by atoms with E-state index < -0.39 is 30.1 Å². The number of aliphatic imine (C=N–C) groups is 1. The third-order valence-corrected chi connectivity index (χ3v) is 7.38. The van der Waals surface area contributed by atoms with E-state index in [4.69, 9.17) is 15.7 Å². The molecule has 0 aliphatic carbocycles. The summed E-state index contributed by atoms with van der Waals surface area (Å²) in [5.74, 6) is -3.23. The van der Waals surface area contributed by atoms with Crippen LogP contribution in [0.15, 0.2) is 58.7 Å². The molecule has 0 aromatic heterocycles. The van der Waals surface area contributed by atoms with Gasteiger partial charge in [-0.05, 0) is 24.5 Å². The molecule has 0 bridgehead atoms. The van der Waals surface area contributed by atoms with Gasteiger partial charge in [0.2, 0.25) is 12.1 Å². The lowest BCUT2D eigenvalue weighted by Crippen LogP contribution is -2.50. The third-order valence-electron chi connectivity index (χ3n) is 7.38. The summed E-state index contributed by atoms with van der Waals surface area (Å²) >= 11 is 0. The van der Waals surface area contributed by atoms with Crippen LogP contribution in [0.5, 0.6) is 0 Å². The topological polar surface area (TPSA) is 184 Å². The number of piperidine rings is 1. The highest BCUT2D eigenvalue weighted by atomic mass is 16.5. The minimum atomic E-state index is -1.56. The van der Waals surface area contributed by atoms with E-state index in [0.29, 0.717) is 42.7 Å². The molecular formula is C29H33N5O7. The maximum Gasteiger partial charge on any atom is 0.354 e. The first-order valence-corrected chi connectivity index (χ1v) is 13.4. The number of likely N-dealkylation sites (tertiary alicyclic amines) is 1. The normalized spacial score (nSPS) is 18.7. The van der Waals surface area contributed by atoms with Crippen LogP contribution in [0.1, 0.15) is 60.5 Å². The van der Waals surface area contributed by atoms with Gasteiger partial charge in [0.25, 0.3) is 5.91 Å². The highest BCUT2D eigenvalue weighted by molar-refractivity contribution is 6.42. The fraction of sp³-hybridized carbons (Fsp3) is 0.379. The van der Waals surface area contributed by atoms with E-state index in [9.17, 15) is 24.3 Å². The molecule has 41 heavy (non-hydrogen) atoms. The zero-order valence-corrected chi connectivity index (χ0v) is 22.8. The largest absolute Gasteiger partial charge is 0.478 e. The van der Waals surface area contributed by atoms with Crippen molar-refractivity contribution < 1.29 is 34.2 Å². The second-order valence-electron chi connectivity index (χ2n) is 10.2. The summed E-state index contributed by atoms with van der Waals surface area (Å²) in [7, 11) is 0. The van der Waals surface area contributed by atoms with Crippen LogP contribution in [0, 0.1) is 5.92 Å². The van der Waals surface area contributed by atoms with Gasteiger partial charge < -0.3 is 31.0 Å². The van der Waals surface area contributed by atoms with Gasteiger partial charge in [-0.2, -0.15) is 0 Å². The van der Waals surface area contributed by atoms with Crippen LogP contribution >= 0.6 is 0 Å². The van der Waals surface area contributed by atoms with Gasteiger partial charge in [-0.25, -0.2) is 9.79 Å². The van der Waals surface area contributed by atoms with Crippen molar-refractivity contribution in [2.75, 3.05) is 13.1 Å². The Kier molecular flexibility index (Phi) is 9.13. The van der Waals surface area contributed by atoms with Crippen LogP contribution in [-0.4, -0.2) is 75.7 Å². The molecule has 0 spiro atoms. The van der Waals surface area contributed by atoms with E-state index in [-0.39, 0.29) is 35.6 Å². The second kappa shape index (κ2) is 12.7. The minimum absolute atomic E-state index is 0.0114. The lowest BCUT2D eigenvalue weighted by atomic mass is 9.96. The average molecular weight is 564 g/mol. The van der Waals surface area contributed by atoms with Gasteiger partial charge >= 0.3 is 5.97 Å². The van der Waals surface area contributed by atoms with E-state index in [1.54, 1.807) is 42.2 Å². The van der Waals surface area contributed by atoms with Crippen molar-refractivity contribution in [3.8, 4) is 0 Å². The summed E-state index contributed by atoms with van der Waals surface area (Å²) in [5, 5.41) is 23.8. The number of rotatable bonds is 10. The molecule has 3 atom stereocenters. The number of hydrogen-bond acceptors (Lipinski definition) is 8. The number of hydrogen-bond donors (Lipinski definition) is 4. The Hall–Kier alpha value is -4.58. The number of oxime groups is 1. The fourth-order valence-corrected chi connectivity index (χ4v) is 5.01. The van der Waals surface area contributed by atoms with Crippen molar-refractivity contribution in [2.45, 2.75) is 51.4 Å². The van der Waals surface area contributed by atoms with E-state index >= 15 is 0 Å². The van der Waals surface area contributed by atoms with Gasteiger partial charge in [-0.3, -0.25) is 14.4 Å². The zero-order chi connectivity index (χ0) is 29.7. The maximum atomic E-state index is 13.0. The number of carboxylic acids is 1. The van der Waals surface area contributed by atoms with Gasteiger partial charge in [0.15, 0.2) is 11.6 Å². The lowest BCUT2D eigenvalue weighted by Gasteiger charge is -2.34. The molecule has 2 heterocycles. The first-order chi connectivity index (χ1) is 19.6. The number of para-hydroxylation sites is 1. The number of carbonyl (C=O) groups excluding carboxylic acids is 3. The van der Waals surface area contributed by atoms with E-state index in [1.165, 1.54) is 0 Å². The molecule has 2 aromatic rings. The molecule has 2 aliphatic rings. The monoisotopic (exact) mass is 563 g/mol. The Morgan fingerprint density at radius 3 is 2.34 bits per heavy atom. The van der Waals surface area contributed by atoms with E-state index in [0.717, 1.165) is 5.56 Å². The maximum absolute atomic E-state index is 13.0. The Balaban J connectivity index is 1.27. The summed E-state index contributed by atoms with van der Waals surface area (Å²) in [6, 6.07) is 13.6. The first kappa shape index (κ1) is 29.4. The zero-order valence-electron chi connectivity index (χ0n) is 22.8. The standard InChI is InChI=1S/C29H33N5O7/c1-16(15-23(35)18-7-9-19(10-8-18)25(30)33-40)28(37)34-13-11-20(12-14-34)41-27(29(38)39)32-26(36)24-17(2)21-5-3-4-6-22(21)31-24/h3-10,16-17,20,27,40H,11-15H2,1-2H3,(H2,30,33)(H,32,36)(H,38,39). The van der Waals surface area contributed by atoms with Crippen LogP contribution < -0.4 is 11.1 Å². The van der Waals surface area contributed by atoms with Gasteiger partial charge in [-0.1, -0.05) is 61.5 Å². The molecule has 1 fully saturated rings. The predicted molar refractivity (Wildman–Crippen MR) is 149 cm³/mol. The average Bonchev–Trinajstić information content (AvgIpc) is 3.32. The van der Waals surface area contributed by atoms with Crippen molar-refractivity contribution >= 4 is 40.8 Å². The van der Waals surface area contributed by atoms with Gasteiger partial charge in [0, 0.05) is 42.5 Å². The van der Waals surface area contributed by atoms with Crippen LogP contribution in [0.2, 0.25) is 0 Å². The Labute approximate surface area is 236 Å². The van der Waals surface area contributed by atoms with Crippen LogP contribution in [0.3, 0.4) is 0 Å². The summed E-state index contributed by atoms with van der Waals surface area (Å²) in [6.45, 7) is 4.18. The molecule has 2 aliphatic heterocycles. The number of ketones is 1. The van der Waals surface area contributed by atoms with Gasteiger partial charge in [-0.15, -0.1) is 0 Å². The molecule has 12 nitrogen and oxygen atoms in total.